The number of hydrogen-bond acceptors (Lipinski definition) is 3. The maximum Gasteiger partial charge on any atom is 0.308 e. The van der Waals surface area contributed by atoms with E-state index in [4.69, 9.17) is 4.74 Å². The van der Waals surface area contributed by atoms with Crippen molar-refractivity contribution in [3.05, 3.63) is 35.4 Å². The van der Waals surface area contributed by atoms with Crippen LogP contribution in [0.5, 0.6) is 0 Å². The van der Waals surface area contributed by atoms with Crippen LogP contribution >= 0.6 is 0 Å². The third-order valence-electron chi connectivity index (χ3n) is 5.14. The van der Waals surface area contributed by atoms with E-state index in [0.29, 0.717) is 13.0 Å². The maximum atomic E-state index is 12.8. The molecule has 0 radical (unpaired) electrons. The van der Waals surface area contributed by atoms with Gasteiger partial charge in [-0.05, 0) is 30.4 Å². The van der Waals surface area contributed by atoms with Gasteiger partial charge < -0.3 is 15.2 Å². The fraction of sp³-hybridized carbons (Fsp3) is 0.579. The molecule has 3 unspecified atom stereocenters. The van der Waals surface area contributed by atoms with Crippen LogP contribution in [0, 0.1) is 5.92 Å². The molecule has 24 heavy (non-hydrogen) atoms. The Kier molecular flexibility index (Phi) is 5.51. The Morgan fingerprint density at radius 1 is 1.08 bits per heavy atom. The molecule has 1 aliphatic carbocycles. The highest BCUT2D eigenvalue weighted by Gasteiger charge is 2.33. The lowest BCUT2D eigenvalue weighted by molar-refractivity contribution is -0.144. The Balaban J connectivity index is 1.74. The highest BCUT2D eigenvalue weighted by atomic mass is 16.5. The maximum absolute atomic E-state index is 12.8. The SMILES string of the molecule is O=C(NC1CCCCCCC1C(=O)O)C1OCCc2ccccc21. The van der Waals surface area contributed by atoms with Gasteiger partial charge in [0, 0.05) is 6.04 Å². The predicted molar refractivity (Wildman–Crippen MR) is 89.6 cm³/mol. The highest BCUT2D eigenvalue weighted by molar-refractivity contribution is 5.84. The van der Waals surface area contributed by atoms with E-state index in [0.717, 1.165) is 49.7 Å². The second-order valence-electron chi connectivity index (χ2n) is 6.75. The Bertz CT molecular complexity index is 601. The first kappa shape index (κ1) is 17.0. The summed E-state index contributed by atoms with van der Waals surface area (Å²) in [5.74, 6) is -1.53. The summed E-state index contributed by atoms with van der Waals surface area (Å²) in [5, 5.41) is 12.5. The molecule has 1 aromatic carbocycles. The summed E-state index contributed by atoms with van der Waals surface area (Å²) in [5.41, 5.74) is 2.04. The summed E-state index contributed by atoms with van der Waals surface area (Å²) in [6, 6.07) is 7.51. The number of ether oxygens (including phenoxy) is 1. The molecule has 1 aromatic rings. The van der Waals surface area contributed by atoms with E-state index in [2.05, 4.69) is 5.32 Å². The minimum absolute atomic E-state index is 0.209. The first-order valence-electron chi connectivity index (χ1n) is 8.89. The molecule has 2 N–H and O–H groups in total. The largest absolute Gasteiger partial charge is 0.481 e. The molecule has 1 saturated carbocycles. The van der Waals surface area contributed by atoms with Crippen molar-refractivity contribution in [2.24, 2.45) is 5.92 Å². The molecule has 1 fully saturated rings. The molecule has 130 valence electrons. The van der Waals surface area contributed by atoms with E-state index >= 15 is 0 Å². The fourth-order valence-corrected chi connectivity index (χ4v) is 3.82. The molecule has 1 heterocycles. The molecule has 5 heteroatoms. The third kappa shape index (κ3) is 3.78. The molecular formula is C19H25NO4. The quantitative estimate of drug-likeness (QED) is 0.893. The number of amides is 1. The lowest BCUT2D eigenvalue weighted by Crippen LogP contribution is -2.46. The topological polar surface area (TPSA) is 75.6 Å². The van der Waals surface area contributed by atoms with Gasteiger partial charge in [0.2, 0.25) is 0 Å². The van der Waals surface area contributed by atoms with Crippen LogP contribution in [0.25, 0.3) is 0 Å². The van der Waals surface area contributed by atoms with Gasteiger partial charge in [0.05, 0.1) is 12.5 Å². The number of carboxylic acids is 1. The zero-order chi connectivity index (χ0) is 16.9. The third-order valence-corrected chi connectivity index (χ3v) is 5.14. The molecule has 0 bridgehead atoms. The van der Waals surface area contributed by atoms with Gasteiger partial charge in [-0.2, -0.15) is 0 Å². The van der Waals surface area contributed by atoms with Crippen molar-refractivity contribution in [3.63, 3.8) is 0 Å². The van der Waals surface area contributed by atoms with E-state index < -0.39 is 18.0 Å². The minimum atomic E-state index is -0.813. The average molecular weight is 331 g/mol. The van der Waals surface area contributed by atoms with Crippen LogP contribution in [0.2, 0.25) is 0 Å². The van der Waals surface area contributed by atoms with Crippen LogP contribution in [-0.2, 0) is 20.7 Å². The average Bonchev–Trinajstić information content (AvgIpc) is 2.56. The number of carboxylic acid groups (broad SMARTS) is 1. The Morgan fingerprint density at radius 2 is 1.83 bits per heavy atom. The van der Waals surface area contributed by atoms with Crippen molar-refractivity contribution in [2.45, 2.75) is 57.1 Å². The van der Waals surface area contributed by atoms with Crippen LogP contribution in [-0.4, -0.2) is 29.6 Å². The van der Waals surface area contributed by atoms with Gasteiger partial charge in [0.15, 0.2) is 6.10 Å². The number of nitrogens with one attached hydrogen (secondary N) is 1. The van der Waals surface area contributed by atoms with Crippen LogP contribution in [0.3, 0.4) is 0 Å². The van der Waals surface area contributed by atoms with E-state index in [1.54, 1.807) is 0 Å². The molecule has 0 aromatic heterocycles. The van der Waals surface area contributed by atoms with E-state index in [1.165, 1.54) is 0 Å². The molecule has 5 nitrogen and oxygen atoms in total. The lowest BCUT2D eigenvalue weighted by Gasteiger charge is -2.31. The van der Waals surface area contributed by atoms with Gasteiger partial charge in [-0.3, -0.25) is 9.59 Å². The van der Waals surface area contributed by atoms with E-state index in [1.807, 2.05) is 24.3 Å². The number of carbonyl (C=O) groups excluding carboxylic acids is 1. The number of carbonyl (C=O) groups is 2. The first-order valence-corrected chi connectivity index (χ1v) is 8.89. The van der Waals surface area contributed by atoms with Crippen molar-refractivity contribution >= 4 is 11.9 Å². The molecular weight excluding hydrogens is 306 g/mol. The van der Waals surface area contributed by atoms with Gasteiger partial charge >= 0.3 is 5.97 Å². The normalized spacial score (nSPS) is 27.4. The zero-order valence-electron chi connectivity index (χ0n) is 13.9. The summed E-state index contributed by atoms with van der Waals surface area (Å²) in [7, 11) is 0. The predicted octanol–water partition coefficient (Wildman–Crippen LogP) is 2.84. The summed E-state index contributed by atoms with van der Waals surface area (Å²) in [6.45, 7) is 0.516. The van der Waals surface area contributed by atoms with Gasteiger partial charge in [0.25, 0.3) is 5.91 Å². The van der Waals surface area contributed by atoms with Gasteiger partial charge in [-0.25, -0.2) is 0 Å². The molecule has 1 amide bonds. The smallest absolute Gasteiger partial charge is 0.308 e. The van der Waals surface area contributed by atoms with Crippen molar-refractivity contribution in [1.29, 1.82) is 0 Å². The number of rotatable bonds is 3. The highest BCUT2D eigenvalue weighted by Crippen LogP contribution is 2.29. The van der Waals surface area contributed by atoms with Gasteiger partial charge in [-0.15, -0.1) is 0 Å². The molecule has 1 aliphatic heterocycles. The fourth-order valence-electron chi connectivity index (χ4n) is 3.82. The Morgan fingerprint density at radius 3 is 2.62 bits per heavy atom. The molecule has 3 rings (SSSR count). The summed E-state index contributed by atoms with van der Waals surface area (Å²) >= 11 is 0. The molecule has 0 spiro atoms. The monoisotopic (exact) mass is 331 g/mol. The van der Waals surface area contributed by atoms with E-state index in [-0.39, 0.29) is 11.9 Å². The van der Waals surface area contributed by atoms with Crippen LogP contribution in [0.15, 0.2) is 24.3 Å². The zero-order valence-corrected chi connectivity index (χ0v) is 13.9. The summed E-state index contributed by atoms with van der Waals surface area (Å²) in [4.78, 5) is 24.4. The van der Waals surface area contributed by atoms with Crippen molar-refractivity contribution in [1.82, 2.24) is 5.32 Å². The van der Waals surface area contributed by atoms with Crippen LogP contribution in [0.1, 0.15) is 55.8 Å². The number of benzene rings is 1. The number of fused-ring (bicyclic) bond motifs is 1. The second kappa shape index (κ2) is 7.79. The molecule has 2 aliphatic rings. The molecule has 0 saturated heterocycles. The van der Waals surface area contributed by atoms with Crippen LogP contribution < -0.4 is 5.32 Å². The van der Waals surface area contributed by atoms with Crippen LogP contribution in [0.4, 0.5) is 0 Å². The molecule has 3 atom stereocenters. The standard InChI is InChI=1S/C19H25NO4/c21-18(17-14-8-6-5-7-13(14)11-12-24-17)20-16-10-4-2-1-3-9-15(16)19(22)23/h5-8,15-17H,1-4,9-12H2,(H,20,21)(H,22,23). The van der Waals surface area contributed by atoms with Gasteiger partial charge in [0.1, 0.15) is 0 Å². The van der Waals surface area contributed by atoms with E-state index in [9.17, 15) is 14.7 Å². The van der Waals surface area contributed by atoms with Gasteiger partial charge in [-0.1, -0.05) is 49.9 Å². The van der Waals surface area contributed by atoms with Crippen molar-refractivity contribution < 1.29 is 19.4 Å². The summed E-state index contributed by atoms with van der Waals surface area (Å²) < 4.78 is 5.70. The number of aliphatic carboxylic acids is 1. The van der Waals surface area contributed by atoms with Crippen molar-refractivity contribution in [3.8, 4) is 0 Å². The summed E-state index contributed by atoms with van der Waals surface area (Å²) in [6.07, 6.45) is 5.56. The number of hydrogen-bond donors (Lipinski definition) is 2. The second-order valence-corrected chi connectivity index (χ2v) is 6.75. The first-order chi connectivity index (χ1) is 11.7. The Labute approximate surface area is 142 Å². The minimum Gasteiger partial charge on any atom is -0.481 e. The lowest BCUT2D eigenvalue weighted by atomic mass is 9.86. The Hall–Kier alpha value is -1.88. The van der Waals surface area contributed by atoms with Crippen molar-refractivity contribution in [2.75, 3.05) is 6.61 Å².